The molecule has 0 aliphatic heterocycles. The topological polar surface area (TPSA) is 46.5 Å². The second-order valence-electron chi connectivity index (χ2n) is 5.27. The minimum absolute atomic E-state index is 0.244. The molecular formula is C19H17NO2SSe. The fourth-order valence-electron chi connectivity index (χ4n) is 2.17. The Morgan fingerprint density at radius 3 is 1.62 bits per heavy atom. The van der Waals surface area contributed by atoms with Crippen LogP contribution in [0.15, 0.2) is 93.2 Å². The first-order chi connectivity index (χ1) is 11.6. The van der Waals surface area contributed by atoms with Crippen molar-refractivity contribution in [3.63, 3.8) is 0 Å². The Morgan fingerprint density at radius 2 is 1.17 bits per heavy atom. The summed E-state index contributed by atoms with van der Waals surface area (Å²) in [6.07, 6.45) is 0. The molecule has 0 saturated heterocycles. The molecule has 0 aliphatic carbocycles. The molecule has 0 aliphatic rings. The number of sulfonamides is 1. The van der Waals surface area contributed by atoms with Gasteiger partial charge in [0.15, 0.2) is 0 Å². The first-order valence-electron chi connectivity index (χ1n) is 7.45. The summed E-state index contributed by atoms with van der Waals surface area (Å²) < 4.78 is 31.8. The molecule has 0 radical (unpaired) electrons. The molecule has 3 aromatic rings. The zero-order chi connectivity index (χ0) is 17.0. The van der Waals surface area contributed by atoms with Crippen molar-refractivity contribution in [2.45, 2.75) is 11.8 Å². The fraction of sp³-hybridized carbons (Fsp3) is 0.0526. The maximum atomic E-state index is 12.8. The van der Waals surface area contributed by atoms with Gasteiger partial charge in [-0.3, -0.25) is 0 Å². The van der Waals surface area contributed by atoms with Crippen LogP contribution in [-0.4, -0.2) is 22.1 Å². The predicted octanol–water partition coefficient (Wildman–Crippen LogP) is 2.76. The summed E-state index contributed by atoms with van der Waals surface area (Å²) in [5, 5.41) is 0. The van der Waals surface area contributed by atoms with Crippen molar-refractivity contribution < 1.29 is 8.42 Å². The van der Waals surface area contributed by atoms with E-state index in [1.165, 1.54) is 0 Å². The molecule has 0 amide bonds. The van der Waals surface area contributed by atoms with Gasteiger partial charge in [0.2, 0.25) is 0 Å². The predicted molar refractivity (Wildman–Crippen MR) is 98.7 cm³/mol. The van der Waals surface area contributed by atoms with Gasteiger partial charge < -0.3 is 0 Å². The molecule has 0 saturated carbocycles. The van der Waals surface area contributed by atoms with Crippen LogP contribution < -0.4 is 8.92 Å². The van der Waals surface area contributed by atoms with Crippen molar-refractivity contribution in [2.24, 2.45) is 3.37 Å². The van der Waals surface area contributed by atoms with Gasteiger partial charge in [-0.15, -0.1) is 0 Å². The van der Waals surface area contributed by atoms with Crippen LogP contribution in [0.2, 0.25) is 0 Å². The van der Waals surface area contributed by atoms with E-state index in [2.05, 4.69) is 3.37 Å². The van der Waals surface area contributed by atoms with Crippen LogP contribution in [0.4, 0.5) is 0 Å². The summed E-state index contributed by atoms with van der Waals surface area (Å²) in [4.78, 5) is 0.244. The molecule has 0 N–H and O–H groups in total. The van der Waals surface area contributed by atoms with Crippen LogP contribution >= 0.6 is 0 Å². The molecule has 5 heteroatoms. The normalized spacial score (nSPS) is 11.4. The molecule has 0 bridgehead atoms. The Hall–Kier alpha value is -2.07. The van der Waals surface area contributed by atoms with Crippen molar-refractivity contribution in [1.29, 1.82) is 0 Å². The van der Waals surface area contributed by atoms with Crippen LogP contribution in [0.3, 0.4) is 0 Å². The Labute approximate surface area is 146 Å². The molecule has 3 rings (SSSR count). The van der Waals surface area contributed by atoms with Gasteiger partial charge in [-0.25, -0.2) is 0 Å². The zero-order valence-corrected chi connectivity index (χ0v) is 15.7. The Balaban J connectivity index is 2.15. The average Bonchev–Trinajstić information content (AvgIpc) is 2.62. The van der Waals surface area contributed by atoms with E-state index in [1.54, 1.807) is 24.3 Å². The Bertz CT molecular complexity index is 910. The minimum atomic E-state index is -3.69. The van der Waals surface area contributed by atoms with Crippen molar-refractivity contribution in [3.05, 3.63) is 90.5 Å². The molecule has 3 aromatic carbocycles. The maximum absolute atomic E-state index is 12.8. The first-order valence-corrected chi connectivity index (χ1v) is 11.4. The molecule has 0 spiro atoms. The average molecular weight is 402 g/mol. The third-order valence-corrected chi connectivity index (χ3v) is 9.83. The molecule has 0 fully saturated rings. The van der Waals surface area contributed by atoms with Crippen molar-refractivity contribution in [1.82, 2.24) is 0 Å². The first kappa shape index (κ1) is 16.8. The van der Waals surface area contributed by atoms with Crippen molar-refractivity contribution in [3.8, 4) is 0 Å². The van der Waals surface area contributed by atoms with Gasteiger partial charge in [-0.05, 0) is 0 Å². The summed E-state index contributed by atoms with van der Waals surface area (Å²) in [7, 11) is -3.69. The monoisotopic (exact) mass is 403 g/mol. The second-order valence-corrected chi connectivity index (χ2v) is 11.0. The second kappa shape index (κ2) is 7.22. The van der Waals surface area contributed by atoms with Gasteiger partial charge in [-0.2, -0.15) is 0 Å². The molecular weight excluding hydrogens is 385 g/mol. The van der Waals surface area contributed by atoms with Gasteiger partial charge in [0.1, 0.15) is 0 Å². The number of benzene rings is 3. The van der Waals surface area contributed by atoms with Crippen LogP contribution in [0, 0.1) is 6.92 Å². The number of hydrogen-bond acceptors (Lipinski definition) is 2. The van der Waals surface area contributed by atoms with E-state index in [9.17, 15) is 8.42 Å². The number of aryl methyl sites for hydroxylation is 1. The van der Waals surface area contributed by atoms with Gasteiger partial charge in [0.25, 0.3) is 0 Å². The molecule has 0 unspecified atom stereocenters. The van der Waals surface area contributed by atoms with E-state index in [4.69, 9.17) is 0 Å². The summed E-state index contributed by atoms with van der Waals surface area (Å²) in [5.41, 5.74) is 1.02. The van der Waals surface area contributed by atoms with Crippen LogP contribution in [0.1, 0.15) is 5.56 Å². The van der Waals surface area contributed by atoms with Gasteiger partial charge in [0.05, 0.1) is 0 Å². The Kier molecular flexibility index (Phi) is 5.05. The van der Waals surface area contributed by atoms with E-state index in [0.29, 0.717) is 0 Å². The fourth-order valence-corrected chi connectivity index (χ4v) is 8.28. The van der Waals surface area contributed by atoms with Crippen molar-refractivity contribution >= 4 is 32.7 Å². The van der Waals surface area contributed by atoms with E-state index < -0.39 is 23.7 Å². The van der Waals surface area contributed by atoms with E-state index >= 15 is 0 Å². The van der Waals surface area contributed by atoms with Gasteiger partial charge in [0, 0.05) is 0 Å². The third kappa shape index (κ3) is 3.87. The molecule has 0 heterocycles. The molecule has 0 aromatic heterocycles. The van der Waals surface area contributed by atoms with Crippen molar-refractivity contribution in [2.75, 3.05) is 0 Å². The third-order valence-electron chi connectivity index (χ3n) is 3.42. The van der Waals surface area contributed by atoms with Crippen LogP contribution in [0.5, 0.6) is 0 Å². The van der Waals surface area contributed by atoms with Crippen LogP contribution in [0.25, 0.3) is 0 Å². The molecule has 24 heavy (non-hydrogen) atoms. The van der Waals surface area contributed by atoms with E-state index in [1.807, 2.05) is 67.6 Å². The summed E-state index contributed by atoms with van der Waals surface area (Å²) in [6.45, 7) is 1.93. The van der Waals surface area contributed by atoms with E-state index in [0.717, 1.165) is 14.5 Å². The van der Waals surface area contributed by atoms with Crippen LogP contribution in [-0.2, 0) is 10.0 Å². The van der Waals surface area contributed by atoms with Gasteiger partial charge >= 0.3 is 147 Å². The number of hydrogen-bond donors (Lipinski definition) is 0. The van der Waals surface area contributed by atoms with Gasteiger partial charge in [-0.1, -0.05) is 0 Å². The number of rotatable bonds is 4. The summed E-state index contributed by atoms with van der Waals surface area (Å²) in [5.74, 6) is 0. The zero-order valence-electron chi connectivity index (χ0n) is 13.2. The molecule has 3 nitrogen and oxygen atoms in total. The van der Waals surface area contributed by atoms with E-state index in [-0.39, 0.29) is 4.90 Å². The summed E-state index contributed by atoms with van der Waals surface area (Å²) >= 11 is -2.05. The standard InChI is InChI=1S/C19H17NO2SSe/c1-16-12-14-17(15-13-16)23(21,22)20-24(18-8-4-2-5-9-18)19-10-6-3-7-11-19/h2-15H,1H3. The Morgan fingerprint density at radius 1 is 0.708 bits per heavy atom. The quantitative estimate of drug-likeness (QED) is 0.630. The summed E-state index contributed by atoms with van der Waals surface area (Å²) in [6, 6.07) is 26.1. The molecule has 0 atom stereocenters. The molecule has 122 valence electrons. The SMILES string of the molecule is Cc1ccc(S(=O)(=O)N=[Se](c2ccccc2)c2ccccc2)cc1. The number of nitrogens with zero attached hydrogens (tertiary/aromatic N) is 1.